The van der Waals surface area contributed by atoms with Gasteiger partial charge in [0, 0.05) is 44.1 Å². The molecule has 1 spiro atoms. The topological polar surface area (TPSA) is 16.4 Å². The molecule has 4 aliphatic rings. The molecular weight excluding hydrogens is 847 g/mol. The standard InChI is InChI=1S/C68H51NO/c1-67(2)60-22-9-7-18-55(60)58-21-11-20-57(65(58)67)53-16-6-5-14-50(53)44-26-32-47(33-27-44)69(49-36-38-56-54-17-8-10-23-61(54)68(62(56)40-49)41-42-25-31-46(68)39-42)48-34-28-45(29-35-48)51-19-12-24-63-64(51)59-37-30-43-13-3-4-15-52(43)66(59)70-63/h3-24,26-30,32-38,40,42,46H,25,31,39,41H2,1-2H3. The second-order valence-electron chi connectivity index (χ2n) is 21.1. The van der Waals surface area contributed by atoms with E-state index in [0.717, 1.165) is 44.6 Å². The Bertz CT molecular complexity index is 3950. The lowest BCUT2D eigenvalue weighted by molar-refractivity contribution is 0.327. The molecule has 2 fully saturated rings. The van der Waals surface area contributed by atoms with Crippen LogP contribution < -0.4 is 4.90 Å². The van der Waals surface area contributed by atoms with Gasteiger partial charge < -0.3 is 9.32 Å². The van der Waals surface area contributed by atoms with Crippen LogP contribution >= 0.6 is 0 Å². The van der Waals surface area contributed by atoms with Gasteiger partial charge in [0.15, 0.2) is 0 Å². The van der Waals surface area contributed by atoms with Crippen molar-refractivity contribution < 1.29 is 4.42 Å². The predicted molar refractivity (Wildman–Crippen MR) is 291 cm³/mol. The number of anilines is 3. The molecule has 2 heteroatoms. The Balaban J connectivity index is 0.864. The van der Waals surface area contributed by atoms with Gasteiger partial charge >= 0.3 is 0 Å². The summed E-state index contributed by atoms with van der Waals surface area (Å²) >= 11 is 0. The van der Waals surface area contributed by atoms with Crippen molar-refractivity contribution >= 4 is 49.8 Å². The van der Waals surface area contributed by atoms with Gasteiger partial charge in [-0.15, -0.1) is 0 Å². The van der Waals surface area contributed by atoms with Crippen LogP contribution in [-0.2, 0) is 10.8 Å². The first kappa shape index (κ1) is 40.0. The zero-order valence-electron chi connectivity index (χ0n) is 39.5. The Morgan fingerprint density at radius 3 is 1.77 bits per heavy atom. The quantitative estimate of drug-likeness (QED) is 0.165. The third-order valence-corrected chi connectivity index (χ3v) is 17.3. The summed E-state index contributed by atoms with van der Waals surface area (Å²) in [5.74, 6) is 1.49. The number of hydrogen-bond acceptors (Lipinski definition) is 2. The fourth-order valence-electron chi connectivity index (χ4n) is 14.4. The zero-order chi connectivity index (χ0) is 46.3. The second-order valence-corrected chi connectivity index (χ2v) is 21.1. The summed E-state index contributed by atoms with van der Waals surface area (Å²) < 4.78 is 6.63. The molecule has 334 valence electrons. The number of hydrogen-bond donors (Lipinski definition) is 0. The van der Waals surface area contributed by atoms with Crippen LogP contribution in [0.25, 0.3) is 88.3 Å². The Morgan fingerprint density at radius 2 is 1.03 bits per heavy atom. The van der Waals surface area contributed by atoms with Gasteiger partial charge in [0.05, 0.1) is 0 Å². The first-order valence-electron chi connectivity index (χ1n) is 25.4. The molecule has 0 saturated heterocycles. The van der Waals surface area contributed by atoms with Crippen LogP contribution in [0.15, 0.2) is 217 Å². The van der Waals surface area contributed by atoms with Crippen molar-refractivity contribution in [1.82, 2.24) is 0 Å². The van der Waals surface area contributed by atoms with Gasteiger partial charge in [-0.3, -0.25) is 0 Å². The van der Waals surface area contributed by atoms with Crippen molar-refractivity contribution in [3.63, 3.8) is 0 Å². The third kappa shape index (κ3) is 5.56. The van der Waals surface area contributed by atoms with Crippen LogP contribution in [0.3, 0.4) is 0 Å². The summed E-state index contributed by atoms with van der Waals surface area (Å²) in [7, 11) is 0. The Morgan fingerprint density at radius 1 is 0.443 bits per heavy atom. The molecule has 2 saturated carbocycles. The van der Waals surface area contributed by atoms with E-state index in [0.29, 0.717) is 5.92 Å². The minimum absolute atomic E-state index is 0.0822. The summed E-state index contributed by atoms with van der Waals surface area (Å²) in [4.78, 5) is 2.49. The van der Waals surface area contributed by atoms with Crippen LogP contribution in [0.4, 0.5) is 17.1 Å². The number of rotatable bonds is 6. The van der Waals surface area contributed by atoms with Gasteiger partial charge in [0.2, 0.25) is 0 Å². The maximum Gasteiger partial charge on any atom is 0.143 e. The average Bonchev–Trinajstić information content (AvgIpc) is 4.24. The smallest absolute Gasteiger partial charge is 0.143 e. The summed E-state index contributed by atoms with van der Waals surface area (Å²) in [6.45, 7) is 4.77. The second kappa shape index (κ2) is 14.8. The minimum Gasteiger partial charge on any atom is -0.455 e. The number of nitrogens with zero attached hydrogens (tertiary/aromatic N) is 1. The van der Waals surface area contributed by atoms with Crippen molar-refractivity contribution in [3.05, 3.63) is 235 Å². The number of fused-ring (bicyclic) bond motifs is 16. The molecule has 0 N–H and O–H groups in total. The molecule has 10 aromatic carbocycles. The number of furan rings is 1. The highest BCUT2D eigenvalue weighted by atomic mass is 16.3. The van der Waals surface area contributed by atoms with Gasteiger partial charge in [0.25, 0.3) is 0 Å². The molecule has 2 nitrogen and oxygen atoms in total. The van der Waals surface area contributed by atoms with E-state index < -0.39 is 0 Å². The van der Waals surface area contributed by atoms with E-state index in [9.17, 15) is 0 Å². The highest BCUT2D eigenvalue weighted by Gasteiger charge is 2.56. The van der Waals surface area contributed by atoms with Crippen LogP contribution in [0, 0.1) is 11.8 Å². The molecule has 1 aromatic heterocycles. The SMILES string of the molecule is CC1(C)c2ccccc2-c2cccc(-c3ccccc3-c3ccc(N(c4ccc(-c5cccc6oc7c8ccccc8ccc7c56)cc4)c4ccc5c(c4)C4(CC6CCC4C6)c4ccccc4-5)cc3)c21. The van der Waals surface area contributed by atoms with Crippen LogP contribution in [0.2, 0.25) is 0 Å². The monoisotopic (exact) mass is 897 g/mol. The summed E-state index contributed by atoms with van der Waals surface area (Å²) in [5.41, 5.74) is 24.1. The molecule has 15 rings (SSSR count). The summed E-state index contributed by atoms with van der Waals surface area (Å²) in [5, 5.41) is 4.64. The molecule has 70 heavy (non-hydrogen) atoms. The lowest BCUT2D eigenvalue weighted by Crippen LogP contribution is -2.32. The molecule has 0 aliphatic heterocycles. The maximum atomic E-state index is 6.63. The normalized spacial score (nSPS) is 18.9. The third-order valence-electron chi connectivity index (χ3n) is 17.3. The molecule has 2 bridgehead atoms. The maximum absolute atomic E-state index is 6.63. The van der Waals surface area contributed by atoms with E-state index in [2.05, 4.69) is 231 Å². The van der Waals surface area contributed by atoms with Gasteiger partial charge in [-0.1, -0.05) is 184 Å². The zero-order valence-corrected chi connectivity index (χ0v) is 39.5. The highest BCUT2D eigenvalue weighted by molar-refractivity contribution is 6.19. The van der Waals surface area contributed by atoms with E-state index >= 15 is 0 Å². The molecule has 3 unspecified atom stereocenters. The van der Waals surface area contributed by atoms with Crippen molar-refractivity contribution in [2.24, 2.45) is 11.8 Å². The number of benzene rings is 10. The van der Waals surface area contributed by atoms with Crippen LogP contribution in [0.5, 0.6) is 0 Å². The molecular formula is C68H51NO. The van der Waals surface area contributed by atoms with Gasteiger partial charge in [-0.2, -0.15) is 0 Å². The van der Waals surface area contributed by atoms with Gasteiger partial charge in [-0.25, -0.2) is 0 Å². The average molecular weight is 898 g/mol. The van der Waals surface area contributed by atoms with Crippen molar-refractivity contribution in [2.75, 3.05) is 4.90 Å². The Kier molecular flexibility index (Phi) is 8.45. The van der Waals surface area contributed by atoms with Crippen LogP contribution in [0.1, 0.15) is 61.8 Å². The first-order chi connectivity index (χ1) is 34.4. The van der Waals surface area contributed by atoms with E-state index in [4.69, 9.17) is 4.42 Å². The minimum atomic E-state index is -0.114. The lowest BCUT2D eigenvalue weighted by atomic mass is 9.67. The molecule has 11 aromatic rings. The molecule has 3 atom stereocenters. The Labute approximate surface area is 409 Å². The Hall–Kier alpha value is -7.94. The molecule has 0 radical (unpaired) electrons. The van der Waals surface area contributed by atoms with E-state index in [1.165, 1.54) is 109 Å². The van der Waals surface area contributed by atoms with E-state index in [1.807, 2.05) is 0 Å². The molecule has 0 amide bonds. The van der Waals surface area contributed by atoms with Gasteiger partial charge in [-0.05, 0) is 163 Å². The van der Waals surface area contributed by atoms with Crippen molar-refractivity contribution in [3.8, 4) is 55.6 Å². The van der Waals surface area contributed by atoms with Crippen molar-refractivity contribution in [2.45, 2.75) is 50.4 Å². The summed E-state index contributed by atoms with van der Waals surface area (Å²) in [6, 6.07) is 79.6. The lowest BCUT2D eigenvalue weighted by Gasteiger charge is -2.37. The fraction of sp³-hybridized carbons (Fsp3) is 0.147. The fourth-order valence-corrected chi connectivity index (χ4v) is 14.4. The summed E-state index contributed by atoms with van der Waals surface area (Å²) in [6.07, 6.45) is 5.29. The highest BCUT2D eigenvalue weighted by Crippen LogP contribution is 2.66. The van der Waals surface area contributed by atoms with E-state index in [1.54, 1.807) is 5.56 Å². The largest absolute Gasteiger partial charge is 0.455 e. The van der Waals surface area contributed by atoms with E-state index in [-0.39, 0.29) is 10.8 Å². The first-order valence-corrected chi connectivity index (χ1v) is 25.4. The molecule has 1 heterocycles. The van der Waals surface area contributed by atoms with Crippen LogP contribution in [-0.4, -0.2) is 0 Å². The van der Waals surface area contributed by atoms with Gasteiger partial charge in [0.1, 0.15) is 11.2 Å². The van der Waals surface area contributed by atoms with Crippen molar-refractivity contribution in [1.29, 1.82) is 0 Å². The molecule has 4 aliphatic carbocycles. The predicted octanol–water partition coefficient (Wildman–Crippen LogP) is 18.6.